The van der Waals surface area contributed by atoms with Crippen LogP contribution in [0, 0.1) is 10.7 Å². The molecule has 0 spiro atoms. The average molecular weight is 241 g/mol. The van der Waals surface area contributed by atoms with Crippen LogP contribution in [0.5, 0.6) is 0 Å². The summed E-state index contributed by atoms with van der Waals surface area (Å²) in [6, 6.07) is 0. The summed E-state index contributed by atoms with van der Waals surface area (Å²) in [4.78, 5) is 0. The number of nitrogens with one attached hydrogen (secondary N) is 1. The van der Waals surface area contributed by atoms with Crippen molar-refractivity contribution in [2.24, 2.45) is 5.92 Å². The summed E-state index contributed by atoms with van der Waals surface area (Å²) in [6.07, 6.45) is 4.43. The van der Waals surface area contributed by atoms with Crippen LogP contribution in [0.2, 0.25) is 0 Å². The molecular formula is C11H19N3OS. The summed E-state index contributed by atoms with van der Waals surface area (Å²) < 4.78 is 8.26. The first-order chi connectivity index (χ1) is 7.81. The van der Waals surface area contributed by atoms with Gasteiger partial charge in [0.2, 0.25) is 0 Å². The molecule has 4 nitrogen and oxygen atoms in total. The summed E-state index contributed by atoms with van der Waals surface area (Å²) in [7, 11) is 0. The molecule has 90 valence electrons. The van der Waals surface area contributed by atoms with E-state index in [1.54, 1.807) is 0 Å². The van der Waals surface area contributed by atoms with Crippen molar-refractivity contribution in [2.75, 3.05) is 13.2 Å². The Kier molecular flexibility index (Phi) is 4.12. The highest BCUT2D eigenvalue weighted by Gasteiger charge is 2.16. The van der Waals surface area contributed by atoms with Gasteiger partial charge in [-0.05, 0) is 37.4 Å². The zero-order chi connectivity index (χ0) is 11.4. The Bertz CT molecular complexity index is 379. The Balaban J connectivity index is 1.96. The smallest absolute Gasteiger partial charge is 0.195 e. The third-order valence-corrected chi connectivity index (χ3v) is 3.41. The van der Waals surface area contributed by atoms with Crippen LogP contribution in [0.1, 0.15) is 32.0 Å². The second-order valence-electron chi connectivity index (χ2n) is 4.36. The van der Waals surface area contributed by atoms with E-state index < -0.39 is 0 Å². The lowest BCUT2D eigenvalue weighted by atomic mass is 10.1. The monoisotopic (exact) mass is 241 g/mol. The molecule has 2 heterocycles. The maximum atomic E-state index is 5.38. The molecule has 1 unspecified atom stereocenters. The lowest BCUT2D eigenvalue weighted by molar-refractivity contribution is 0.183. The first-order valence-corrected chi connectivity index (χ1v) is 6.44. The number of nitrogens with zero attached hydrogens (tertiary/aromatic N) is 2. The highest BCUT2D eigenvalue weighted by atomic mass is 32.1. The van der Waals surface area contributed by atoms with E-state index in [9.17, 15) is 0 Å². The number of H-pyrrole nitrogens is 1. The van der Waals surface area contributed by atoms with Gasteiger partial charge in [-0.25, -0.2) is 0 Å². The second-order valence-corrected chi connectivity index (χ2v) is 4.75. The van der Waals surface area contributed by atoms with Crippen molar-refractivity contribution in [3.8, 4) is 0 Å². The molecule has 1 aliphatic rings. The minimum absolute atomic E-state index is 0.700. The van der Waals surface area contributed by atoms with E-state index in [0.717, 1.165) is 49.6 Å². The molecule has 1 saturated heterocycles. The zero-order valence-electron chi connectivity index (χ0n) is 9.74. The van der Waals surface area contributed by atoms with Crippen LogP contribution < -0.4 is 0 Å². The van der Waals surface area contributed by atoms with Gasteiger partial charge in [0.25, 0.3) is 0 Å². The molecule has 1 atom stereocenters. The van der Waals surface area contributed by atoms with Crippen molar-refractivity contribution in [1.82, 2.24) is 14.8 Å². The normalized spacial score (nSPS) is 20.4. The molecule has 16 heavy (non-hydrogen) atoms. The predicted molar refractivity (Wildman–Crippen MR) is 64.9 cm³/mol. The van der Waals surface area contributed by atoms with Crippen LogP contribution in [0.3, 0.4) is 0 Å². The maximum Gasteiger partial charge on any atom is 0.195 e. The van der Waals surface area contributed by atoms with E-state index >= 15 is 0 Å². The van der Waals surface area contributed by atoms with Gasteiger partial charge in [0, 0.05) is 26.2 Å². The van der Waals surface area contributed by atoms with Crippen molar-refractivity contribution in [3.63, 3.8) is 0 Å². The van der Waals surface area contributed by atoms with Crippen molar-refractivity contribution in [3.05, 3.63) is 10.6 Å². The number of aromatic amines is 1. The summed E-state index contributed by atoms with van der Waals surface area (Å²) in [6.45, 7) is 4.96. The van der Waals surface area contributed by atoms with Gasteiger partial charge >= 0.3 is 0 Å². The molecular weight excluding hydrogens is 222 g/mol. The molecule has 1 aliphatic heterocycles. The number of aromatic nitrogens is 3. The quantitative estimate of drug-likeness (QED) is 0.804. The molecule has 5 heteroatoms. The second kappa shape index (κ2) is 5.59. The van der Waals surface area contributed by atoms with E-state index in [1.807, 2.05) is 0 Å². The van der Waals surface area contributed by atoms with Gasteiger partial charge in [0.05, 0.1) is 0 Å². The van der Waals surface area contributed by atoms with E-state index in [-0.39, 0.29) is 0 Å². The predicted octanol–water partition coefficient (Wildman–Crippen LogP) is 2.32. The Hall–Kier alpha value is -0.680. The molecule has 1 aromatic heterocycles. The largest absolute Gasteiger partial charge is 0.381 e. The molecule has 0 saturated carbocycles. The summed E-state index contributed by atoms with van der Waals surface area (Å²) >= 11 is 5.24. The van der Waals surface area contributed by atoms with E-state index in [1.165, 1.54) is 6.42 Å². The van der Waals surface area contributed by atoms with E-state index in [0.29, 0.717) is 5.92 Å². The third-order valence-electron chi connectivity index (χ3n) is 3.10. The van der Waals surface area contributed by atoms with Gasteiger partial charge in [0.15, 0.2) is 4.77 Å². The summed E-state index contributed by atoms with van der Waals surface area (Å²) in [5.41, 5.74) is 0. The van der Waals surface area contributed by atoms with Crippen molar-refractivity contribution in [1.29, 1.82) is 0 Å². The van der Waals surface area contributed by atoms with Crippen molar-refractivity contribution >= 4 is 12.2 Å². The fourth-order valence-electron chi connectivity index (χ4n) is 2.12. The molecule has 2 rings (SSSR count). The minimum atomic E-state index is 0.700. The fraction of sp³-hybridized carbons (Fsp3) is 0.818. The molecule has 1 fully saturated rings. The molecule has 0 radical (unpaired) electrons. The van der Waals surface area contributed by atoms with Crippen LogP contribution in [0.15, 0.2) is 0 Å². The average Bonchev–Trinajstić information content (AvgIpc) is 2.88. The van der Waals surface area contributed by atoms with Gasteiger partial charge in [-0.2, -0.15) is 5.10 Å². The molecule has 0 amide bonds. The number of hydrogen-bond donors (Lipinski definition) is 1. The Morgan fingerprint density at radius 2 is 2.50 bits per heavy atom. The maximum absolute atomic E-state index is 5.38. The highest BCUT2D eigenvalue weighted by molar-refractivity contribution is 7.71. The van der Waals surface area contributed by atoms with Crippen LogP contribution in [0.4, 0.5) is 0 Å². The van der Waals surface area contributed by atoms with Crippen molar-refractivity contribution in [2.45, 2.75) is 39.2 Å². The third kappa shape index (κ3) is 2.71. The van der Waals surface area contributed by atoms with Crippen LogP contribution >= 0.6 is 12.2 Å². The molecule has 1 aromatic rings. The zero-order valence-corrected chi connectivity index (χ0v) is 10.6. The van der Waals surface area contributed by atoms with Gasteiger partial charge < -0.3 is 9.30 Å². The van der Waals surface area contributed by atoms with Crippen LogP contribution in [0.25, 0.3) is 0 Å². The molecule has 1 N–H and O–H groups in total. The SMILES string of the molecule is CCCc1n[nH]c(=S)n1CCC1CCOC1. The number of rotatable bonds is 5. The van der Waals surface area contributed by atoms with Gasteiger partial charge in [-0.15, -0.1) is 0 Å². The van der Waals surface area contributed by atoms with Gasteiger partial charge in [-0.3, -0.25) is 5.10 Å². The number of ether oxygens (including phenoxy) is 1. The lowest BCUT2D eigenvalue weighted by Crippen LogP contribution is -2.09. The molecule has 0 bridgehead atoms. The van der Waals surface area contributed by atoms with Crippen molar-refractivity contribution < 1.29 is 4.74 Å². The van der Waals surface area contributed by atoms with Crippen LogP contribution in [-0.4, -0.2) is 28.0 Å². The fourth-order valence-corrected chi connectivity index (χ4v) is 2.36. The first kappa shape index (κ1) is 11.8. The molecule has 0 aromatic carbocycles. The van der Waals surface area contributed by atoms with E-state index in [2.05, 4.69) is 21.7 Å². The lowest BCUT2D eigenvalue weighted by Gasteiger charge is -2.09. The Morgan fingerprint density at radius 3 is 3.19 bits per heavy atom. The Morgan fingerprint density at radius 1 is 1.62 bits per heavy atom. The first-order valence-electron chi connectivity index (χ1n) is 6.03. The standard InChI is InChI=1S/C11H19N3OS/c1-2-3-10-12-13-11(16)14(10)6-4-9-5-7-15-8-9/h9H,2-8H2,1H3,(H,13,16). The van der Waals surface area contributed by atoms with Crippen LogP contribution in [-0.2, 0) is 17.7 Å². The summed E-state index contributed by atoms with van der Waals surface area (Å²) in [5, 5.41) is 7.15. The van der Waals surface area contributed by atoms with E-state index in [4.69, 9.17) is 17.0 Å². The van der Waals surface area contributed by atoms with Gasteiger partial charge in [0.1, 0.15) is 5.82 Å². The number of hydrogen-bond acceptors (Lipinski definition) is 3. The highest BCUT2D eigenvalue weighted by Crippen LogP contribution is 2.17. The van der Waals surface area contributed by atoms with Gasteiger partial charge in [-0.1, -0.05) is 6.92 Å². The number of aryl methyl sites for hydroxylation is 1. The minimum Gasteiger partial charge on any atom is -0.381 e. The Labute approximate surface area is 101 Å². The summed E-state index contributed by atoms with van der Waals surface area (Å²) in [5.74, 6) is 1.79. The topological polar surface area (TPSA) is 42.8 Å². The molecule has 0 aliphatic carbocycles.